The molecular weight excluding hydrogens is 336 g/mol. The van der Waals surface area contributed by atoms with Gasteiger partial charge in [-0.25, -0.2) is 0 Å². The van der Waals surface area contributed by atoms with Crippen molar-refractivity contribution in [3.63, 3.8) is 0 Å². The first-order chi connectivity index (χ1) is 12.1. The highest BCUT2D eigenvalue weighted by atomic mass is 16.5. The molecule has 0 amide bonds. The Balaban J connectivity index is -0.000000337. The van der Waals surface area contributed by atoms with Crippen molar-refractivity contribution >= 4 is 25.9 Å². The molecule has 0 aliphatic rings. The first kappa shape index (κ1) is 26.0. The third-order valence-electron chi connectivity index (χ3n) is 1.72. The molecule has 0 aliphatic carbocycles. The number of hydrogen-bond acceptors (Lipinski definition) is 5. The van der Waals surface area contributed by atoms with Crippen LogP contribution < -0.4 is 4.74 Å². The molecule has 0 heterocycles. The lowest BCUT2D eigenvalue weighted by Crippen LogP contribution is -1.81. The highest BCUT2D eigenvalue weighted by Gasteiger charge is 1.92. The molecule has 0 fully saturated rings. The van der Waals surface area contributed by atoms with Gasteiger partial charge in [0, 0.05) is 0 Å². The van der Waals surface area contributed by atoms with E-state index in [9.17, 15) is 0 Å². The molecule has 9 heteroatoms. The summed E-state index contributed by atoms with van der Waals surface area (Å²) < 4.78 is 5.58. The van der Waals surface area contributed by atoms with Crippen LogP contribution in [0.25, 0.3) is 0 Å². The van der Waals surface area contributed by atoms with E-state index in [-0.39, 0.29) is 25.9 Å². The van der Waals surface area contributed by atoms with Crippen molar-refractivity contribution in [2.75, 3.05) is 0 Å². The minimum Gasteiger partial charge on any atom is -0.483 e. The molecule has 0 saturated carbocycles. The van der Waals surface area contributed by atoms with Crippen LogP contribution in [0, 0.1) is 0 Å². The summed E-state index contributed by atoms with van der Waals surface area (Å²) in [6.07, 6.45) is 0. The molecule has 25 heavy (non-hydrogen) atoms. The molecule has 2 aromatic rings. The summed E-state index contributed by atoms with van der Waals surface area (Å²) >= 11 is 0. The van der Waals surface area contributed by atoms with Gasteiger partial charge in [0.25, 0.3) is 25.9 Å². The summed E-state index contributed by atoms with van der Waals surface area (Å²) in [4.78, 5) is 33.4. The molecule has 0 aromatic heterocycles. The lowest BCUT2D eigenvalue weighted by Gasteiger charge is -2.03. The van der Waals surface area contributed by atoms with Crippen molar-refractivity contribution < 1.29 is 44.3 Å². The van der Waals surface area contributed by atoms with Gasteiger partial charge < -0.3 is 25.2 Å². The van der Waals surface area contributed by atoms with Gasteiger partial charge in [-0.05, 0) is 24.3 Å². The summed E-state index contributed by atoms with van der Waals surface area (Å²) in [5, 5.41) is 27.6. The second kappa shape index (κ2) is 25.1. The van der Waals surface area contributed by atoms with E-state index in [1.807, 2.05) is 60.7 Å². The number of rotatable bonds is 2. The van der Waals surface area contributed by atoms with Gasteiger partial charge in [0.2, 0.25) is 0 Å². The second-order valence-electron chi connectivity index (χ2n) is 3.15. The Kier molecular flexibility index (Phi) is 26.1. The lowest BCUT2D eigenvalue weighted by molar-refractivity contribution is -0.123. The first-order valence-corrected chi connectivity index (χ1v) is 6.21. The maximum absolute atomic E-state index is 8.36. The largest absolute Gasteiger partial charge is 0.483 e. The van der Waals surface area contributed by atoms with Gasteiger partial charge in [0.05, 0.1) is 0 Å². The Morgan fingerprint density at radius 1 is 0.520 bits per heavy atom. The van der Waals surface area contributed by atoms with Crippen LogP contribution in [-0.2, 0) is 19.2 Å². The van der Waals surface area contributed by atoms with Crippen molar-refractivity contribution in [1.82, 2.24) is 0 Å². The Morgan fingerprint density at radius 2 is 0.720 bits per heavy atom. The summed E-state index contributed by atoms with van der Waals surface area (Å²) in [6, 6.07) is 19.5. The van der Waals surface area contributed by atoms with E-state index in [1.165, 1.54) is 0 Å². The second-order valence-corrected chi connectivity index (χ2v) is 3.15. The third kappa shape index (κ3) is 25.4. The van der Waals surface area contributed by atoms with Crippen molar-refractivity contribution in [2.45, 2.75) is 0 Å². The van der Waals surface area contributed by atoms with E-state index in [4.69, 9.17) is 44.3 Å². The molecule has 2 rings (SSSR count). The molecule has 9 nitrogen and oxygen atoms in total. The van der Waals surface area contributed by atoms with Gasteiger partial charge in [0.1, 0.15) is 11.5 Å². The smallest absolute Gasteiger partial charge is 0.290 e. The van der Waals surface area contributed by atoms with E-state index in [0.717, 1.165) is 11.5 Å². The number of ether oxygens (including phenoxy) is 1. The fraction of sp³-hybridized carbons (Fsp3) is 0. The lowest BCUT2D eigenvalue weighted by atomic mass is 10.3. The summed E-state index contributed by atoms with van der Waals surface area (Å²) in [6.45, 7) is -1.00. The molecular formula is C16H18O9. The molecule has 136 valence electrons. The minimum atomic E-state index is -0.250. The predicted molar refractivity (Wildman–Crippen MR) is 87.7 cm³/mol. The van der Waals surface area contributed by atoms with Crippen molar-refractivity contribution in [2.24, 2.45) is 0 Å². The van der Waals surface area contributed by atoms with E-state index >= 15 is 0 Å². The zero-order valence-electron chi connectivity index (χ0n) is 12.9. The fourth-order valence-electron chi connectivity index (χ4n) is 1.11. The van der Waals surface area contributed by atoms with Gasteiger partial charge in [-0.3, -0.25) is 19.2 Å². The molecule has 0 aliphatic heterocycles. The monoisotopic (exact) mass is 354 g/mol. The van der Waals surface area contributed by atoms with Crippen LogP contribution in [0.5, 0.6) is 11.5 Å². The van der Waals surface area contributed by atoms with E-state index in [2.05, 4.69) is 0 Å². The van der Waals surface area contributed by atoms with Crippen molar-refractivity contribution in [1.29, 1.82) is 0 Å². The molecule has 0 saturated heterocycles. The van der Waals surface area contributed by atoms with Crippen LogP contribution in [0.1, 0.15) is 0 Å². The number of para-hydroxylation sites is 2. The Labute approximate surface area is 143 Å². The average Bonchev–Trinajstić information content (AvgIpc) is 2.60. The summed E-state index contributed by atoms with van der Waals surface area (Å²) in [5.74, 6) is 1.74. The SMILES string of the molecule is O=CO.O=CO.O=CO.O=CO.c1ccc(Oc2ccccc2)cc1. The van der Waals surface area contributed by atoms with Crippen LogP contribution >= 0.6 is 0 Å². The van der Waals surface area contributed by atoms with Gasteiger partial charge >= 0.3 is 0 Å². The molecule has 0 atom stereocenters. The van der Waals surface area contributed by atoms with Crippen LogP contribution in [0.15, 0.2) is 60.7 Å². The fourth-order valence-corrected chi connectivity index (χ4v) is 1.11. The van der Waals surface area contributed by atoms with Crippen LogP contribution in [-0.4, -0.2) is 46.3 Å². The molecule has 4 N–H and O–H groups in total. The predicted octanol–water partition coefficient (Wildman–Crippen LogP) is 2.28. The Bertz CT molecular complexity index is 468. The van der Waals surface area contributed by atoms with Gasteiger partial charge in [0.15, 0.2) is 0 Å². The van der Waals surface area contributed by atoms with Crippen molar-refractivity contribution in [3.05, 3.63) is 60.7 Å². The maximum atomic E-state index is 8.36. The zero-order chi connectivity index (χ0) is 19.8. The number of hydrogen-bond donors (Lipinski definition) is 4. The molecule has 2 aromatic carbocycles. The average molecular weight is 354 g/mol. The van der Waals surface area contributed by atoms with Crippen LogP contribution in [0.3, 0.4) is 0 Å². The summed E-state index contributed by atoms with van der Waals surface area (Å²) in [5.41, 5.74) is 0. The Morgan fingerprint density at radius 3 is 0.920 bits per heavy atom. The Hall–Kier alpha value is -3.88. The summed E-state index contributed by atoms with van der Waals surface area (Å²) in [7, 11) is 0. The molecule has 0 radical (unpaired) electrons. The highest BCUT2D eigenvalue weighted by molar-refractivity contribution is 5.33. The van der Waals surface area contributed by atoms with E-state index in [1.54, 1.807) is 0 Å². The van der Waals surface area contributed by atoms with Crippen LogP contribution in [0.2, 0.25) is 0 Å². The highest BCUT2D eigenvalue weighted by Crippen LogP contribution is 2.19. The van der Waals surface area contributed by atoms with Crippen LogP contribution in [0.4, 0.5) is 0 Å². The third-order valence-corrected chi connectivity index (χ3v) is 1.72. The number of benzene rings is 2. The van der Waals surface area contributed by atoms with Gasteiger partial charge in [-0.15, -0.1) is 0 Å². The molecule has 0 unspecified atom stereocenters. The van der Waals surface area contributed by atoms with E-state index in [0.29, 0.717) is 0 Å². The quantitative estimate of drug-likeness (QED) is 0.593. The molecule has 0 spiro atoms. The van der Waals surface area contributed by atoms with E-state index < -0.39 is 0 Å². The minimum absolute atomic E-state index is 0.250. The van der Waals surface area contributed by atoms with Crippen molar-refractivity contribution in [3.8, 4) is 11.5 Å². The normalized spacial score (nSPS) is 6.88. The number of carbonyl (C=O) groups is 4. The van der Waals surface area contributed by atoms with Gasteiger partial charge in [-0.1, -0.05) is 36.4 Å². The maximum Gasteiger partial charge on any atom is 0.290 e. The zero-order valence-corrected chi connectivity index (χ0v) is 12.9. The number of carboxylic acid groups (broad SMARTS) is 4. The standard InChI is InChI=1S/C12H10O.4CH2O2/c1-3-7-11(8-4-1)13-12-9-5-2-6-10-12;4*2-1-3/h1-10H;4*1H,(H,2,3). The first-order valence-electron chi connectivity index (χ1n) is 6.21. The molecule has 0 bridgehead atoms. The topological polar surface area (TPSA) is 158 Å². The van der Waals surface area contributed by atoms with Gasteiger partial charge in [-0.2, -0.15) is 0 Å².